The van der Waals surface area contributed by atoms with Crippen LogP contribution in [-0.4, -0.2) is 33.9 Å². The maximum atomic E-state index is 12.7. The Labute approximate surface area is 162 Å². The highest BCUT2D eigenvalue weighted by molar-refractivity contribution is 9.10. The Morgan fingerprint density at radius 1 is 1.35 bits per heavy atom. The second-order valence-electron chi connectivity index (χ2n) is 5.46. The maximum Gasteiger partial charge on any atom is 0.292 e. The molecule has 2 aromatic rings. The van der Waals surface area contributed by atoms with Crippen LogP contribution in [0.15, 0.2) is 57.3 Å². The van der Waals surface area contributed by atoms with Gasteiger partial charge in [-0.3, -0.25) is 14.4 Å². The van der Waals surface area contributed by atoms with E-state index in [0.717, 1.165) is 9.15 Å². The summed E-state index contributed by atoms with van der Waals surface area (Å²) >= 11 is 4.59. The van der Waals surface area contributed by atoms with Gasteiger partial charge in [-0.05, 0) is 24.3 Å². The van der Waals surface area contributed by atoms with Gasteiger partial charge in [0.2, 0.25) is 11.8 Å². The molecule has 134 valence electrons. The van der Waals surface area contributed by atoms with Crippen molar-refractivity contribution in [3.63, 3.8) is 0 Å². The minimum absolute atomic E-state index is 0.170. The number of rotatable bonds is 5. The first-order chi connectivity index (χ1) is 12.5. The van der Waals surface area contributed by atoms with Gasteiger partial charge in [0, 0.05) is 16.7 Å². The lowest BCUT2D eigenvalue weighted by Crippen LogP contribution is -2.42. The first-order valence-corrected chi connectivity index (χ1v) is 9.47. The molecule has 9 heteroatoms. The molecule has 0 aliphatic carbocycles. The van der Waals surface area contributed by atoms with E-state index >= 15 is 0 Å². The van der Waals surface area contributed by atoms with E-state index in [1.54, 1.807) is 30.3 Å². The Hall–Kier alpha value is -2.39. The molecule has 3 rings (SSSR count). The molecule has 0 spiro atoms. The molecule has 0 atom stereocenters. The number of fused-ring (bicyclic) bond motifs is 1. The second kappa shape index (κ2) is 7.88. The number of halogens is 1. The van der Waals surface area contributed by atoms with E-state index in [-0.39, 0.29) is 36.3 Å². The van der Waals surface area contributed by atoms with Crippen LogP contribution in [0.1, 0.15) is 0 Å². The summed E-state index contributed by atoms with van der Waals surface area (Å²) in [5, 5.41) is 6.77. The molecule has 1 aromatic carbocycles. The smallest absolute Gasteiger partial charge is 0.292 e. The van der Waals surface area contributed by atoms with Crippen molar-refractivity contribution in [3.8, 4) is 0 Å². The van der Waals surface area contributed by atoms with Gasteiger partial charge < -0.3 is 10.2 Å². The van der Waals surface area contributed by atoms with Gasteiger partial charge in [-0.25, -0.2) is 4.68 Å². The molecule has 7 nitrogen and oxygen atoms in total. The van der Waals surface area contributed by atoms with E-state index in [2.05, 4.69) is 32.9 Å². The monoisotopic (exact) mass is 434 g/mol. The van der Waals surface area contributed by atoms with Crippen molar-refractivity contribution >= 4 is 50.9 Å². The van der Waals surface area contributed by atoms with Gasteiger partial charge >= 0.3 is 0 Å². The SMILES string of the molecule is C=CCN1C(=O)CSc2cnn(CC(=O)Nc3ccc(Br)cc3)c(=O)c21. The highest BCUT2D eigenvalue weighted by Gasteiger charge is 2.28. The molecular formula is C17H15BrN4O3S. The number of amides is 2. The van der Waals surface area contributed by atoms with E-state index in [1.807, 2.05) is 0 Å². The zero-order valence-electron chi connectivity index (χ0n) is 13.6. The number of hydrogen-bond donors (Lipinski definition) is 1. The summed E-state index contributed by atoms with van der Waals surface area (Å²) in [5.74, 6) is -0.306. The van der Waals surface area contributed by atoms with E-state index in [1.165, 1.54) is 22.9 Å². The molecule has 1 aliphatic rings. The summed E-state index contributed by atoms with van der Waals surface area (Å²) in [7, 11) is 0. The maximum absolute atomic E-state index is 12.7. The number of hydrogen-bond acceptors (Lipinski definition) is 5. The molecular weight excluding hydrogens is 420 g/mol. The van der Waals surface area contributed by atoms with Crippen molar-refractivity contribution in [2.75, 3.05) is 22.5 Å². The lowest BCUT2D eigenvalue weighted by molar-refractivity contribution is -0.117. The third kappa shape index (κ3) is 3.88. The highest BCUT2D eigenvalue weighted by Crippen LogP contribution is 2.31. The number of carbonyl (C=O) groups excluding carboxylic acids is 2. The number of carbonyl (C=O) groups is 2. The van der Waals surface area contributed by atoms with E-state index in [0.29, 0.717) is 10.6 Å². The predicted molar refractivity (Wildman–Crippen MR) is 105 cm³/mol. The van der Waals surface area contributed by atoms with Gasteiger partial charge in [0.15, 0.2) is 0 Å². The molecule has 2 heterocycles. The van der Waals surface area contributed by atoms with Gasteiger partial charge in [-0.2, -0.15) is 5.10 Å². The lowest BCUT2D eigenvalue weighted by atomic mass is 10.3. The largest absolute Gasteiger partial charge is 0.324 e. The average Bonchev–Trinajstić information content (AvgIpc) is 2.62. The Morgan fingerprint density at radius 2 is 2.08 bits per heavy atom. The van der Waals surface area contributed by atoms with Gasteiger partial charge in [-0.1, -0.05) is 22.0 Å². The molecule has 0 unspecified atom stereocenters. The molecule has 0 fully saturated rings. The zero-order chi connectivity index (χ0) is 18.7. The summed E-state index contributed by atoms with van der Waals surface area (Å²) in [6, 6.07) is 7.09. The van der Waals surface area contributed by atoms with Crippen LogP contribution in [0.5, 0.6) is 0 Å². The van der Waals surface area contributed by atoms with Crippen LogP contribution in [-0.2, 0) is 16.1 Å². The van der Waals surface area contributed by atoms with Crippen molar-refractivity contribution in [2.45, 2.75) is 11.4 Å². The fourth-order valence-electron chi connectivity index (χ4n) is 2.46. The number of nitrogens with zero attached hydrogens (tertiary/aromatic N) is 3. The van der Waals surface area contributed by atoms with Gasteiger partial charge in [0.25, 0.3) is 5.56 Å². The lowest BCUT2D eigenvalue weighted by Gasteiger charge is -2.27. The minimum atomic E-state index is -0.476. The van der Waals surface area contributed by atoms with Crippen LogP contribution in [0.4, 0.5) is 11.4 Å². The molecule has 1 aliphatic heterocycles. The normalized spacial score (nSPS) is 13.3. The Morgan fingerprint density at radius 3 is 2.77 bits per heavy atom. The average molecular weight is 435 g/mol. The Balaban J connectivity index is 1.84. The molecule has 1 aromatic heterocycles. The highest BCUT2D eigenvalue weighted by atomic mass is 79.9. The summed E-state index contributed by atoms with van der Waals surface area (Å²) in [5.41, 5.74) is 0.386. The van der Waals surface area contributed by atoms with Gasteiger partial charge in [0.1, 0.15) is 12.2 Å². The summed E-state index contributed by atoms with van der Waals surface area (Å²) in [6.07, 6.45) is 3.07. The second-order valence-corrected chi connectivity index (χ2v) is 7.39. The van der Waals surface area contributed by atoms with E-state index in [4.69, 9.17) is 0 Å². The fraction of sp³-hybridized carbons (Fsp3) is 0.176. The number of nitrogens with one attached hydrogen (secondary N) is 1. The van der Waals surface area contributed by atoms with Gasteiger partial charge in [0.05, 0.1) is 16.8 Å². The van der Waals surface area contributed by atoms with Crippen molar-refractivity contribution in [3.05, 3.63) is 57.9 Å². The number of thioether (sulfide) groups is 1. The molecule has 0 bridgehead atoms. The van der Waals surface area contributed by atoms with Crippen LogP contribution in [0.25, 0.3) is 0 Å². The minimum Gasteiger partial charge on any atom is -0.324 e. The van der Waals surface area contributed by atoms with Crippen LogP contribution in [0.2, 0.25) is 0 Å². The van der Waals surface area contributed by atoms with Gasteiger partial charge in [-0.15, -0.1) is 18.3 Å². The van der Waals surface area contributed by atoms with E-state index < -0.39 is 5.56 Å². The Kier molecular flexibility index (Phi) is 5.58. The number of aromatic nitrogens is 2. The fourth-order valence-corrected chi connectivity index (χ4v) is 3.62. The Bertz CT molecular complexity index is 927. The van der Waals surface area contributed by atoms with Crippen molar-refractivity contribution < 1.29 is 9.59 Å². The molecule has 1 N–H and O–H groups in total. The van der Waals surface area contributed by atoms with Crippen molar-refractivity contribution in [2.24, 2.45) is 0 Å². The van der Waals surface area contributed by atoms with Crippen LogP contribution < -0.4 is 15.8 Å². The van der Waals surface area contributed by atoms with Crippen molar-refractivity contribution in [1.82, 2.24) is 9.78 Å². The topological polar surface area (TPSA) is 84.3 Å². The standard InChI is InChI=1S/C17H15BrN4O3S/c1-2-7-21-15(24)10-26-13-8-19-22(17(25)16(13)21)9-14(23)20-12-5-3-11(18)4-6-12/h2-6,8H,1,7,9-10H2,(H,20,23). The quantitative estimate of drug-likeness (QED) is 0.729. The first kappa shape index (κ1) is 18.4. The molecule has 0 radical (unpaired) electrons. The van der Waals surface area contributed by atoms with Crippen molar-refractivity contribution in [1.29, 1.82) is 0 Å². The van der Waals surface area contributed by atoms with Crippen LogP contribution in [0, 0.1) is 0 Å². The number of benzene rings is 1. The third-order valence-corrected chi connectivity index (χ3v) is 5.17. The predicted octanol–water partition coefficient (Wildman–Crippen LogP) is 2.27. The summed E-state index contributed by atoms with van der Waals surface area (Å²) in [6.45, 7) is 3.61. The van der Waals surface area contributed by atoms with E-state index in [9.17, 15) is 14.4 Å². The molecule has 26 heavy (non-hydrogen) atoms. The molecule has 2 amide bonds. The third-order valence-electron chi connectivity index (χ3n) is 3.64. The van der Waals surface area contributed by atoms with Crippen LogP contribution >= 0.6 is 27.7 Å². The molecule has 0 saturated heterocycles. The molecule has 0 saturated carbocycles. The number of anilines is 2. The first-order valence-electron chi connectivity index (χ1n) is 7.69. The summed E-state index contributed by atoms with van der Waals surface area (Å²) in [4.78, 5) is 39.1. The van der Waals surface area contributed by atoms with Crippen LogP contribution in [0.3, 0.4) is 0 Å². The zero-order valence-corrected chi connectivity index (χ0v) is 16.0. The summed E-state index contributed by atoms with van der Waals surface area (Å²) < 4.78 is 1.95.